The maximum atomic E-state index is 5.82. The maximum Gasteiger partial charge on any atom is 0.196 e. The highest BCUT2D eigenvalue weighted by molar-refractivity contribution is 5.63. The van der Waals surface area contributed by atoms with Crippen LogP contribution in [0.1, 0.15) is 36.9 Å². The summed E-state index contributed by atoms with van der Waals surface area (Å²) >= 11 is 0. The molecule has 1 heterocycles. The van der Waals surface area contributed by atoms with Crippen molar-refractivity contribution in [3.8, 4) is 17.1 Å². The van der Waals surface area contributed by atoms with E-state index < -0.39 is 0 Å². The third-order valence-corrected chi connectivity index (χ3v) is 3.31. The lowest BCUT2D eigenvalue weighted by molar-refractivity contribution is 0.407. The van der Waals surface area contributed by atoms with Gasteiger partial charge in [-0.3, -0.25) is 0 Å². The lowest BCUT2D eigenvalue weighted by Gasteiger charge is -2.12. The van der Waals surface area contributed by atoms with Gasteiger partial charge in [-0.2, -0.15) is 0 Å². The average Bonchev–Trinajstić information content (AvgIpc) is 2.79. The number of aryl methyl sites for hydroxylation is 1. The summed E-state index contributed by atoms with van der Waals surface area (Å²) in [6.07, 6.45) is 0.661. The van der Waals surface area contributed by atoms with Crippen molar-refractivity contribution in [2.24, 2.45) is 5.73 Å². The number of oxazole rings is 1. The summed E-state index contributed by atoms with van der Waals surface area (Å²) in [7, 11) is 1.69. The van der Waals surface area contributed by atoms with Gasteiger partial charge in [0.1, 0.15) is 5.75 Å². The monoisotopic (exact) mass is 274 g/mol. The van der Waals surface area contributed by atoms with Crippen LogP contribution in [0.3, 0.4) is 0 Å². The molecule has 2 N–H and O–H groups in total. The minimum Gasteiger partial charge on any atom is -0.496 e. The topological polar surface area (TPSA) is 61.3 Å². The number of nitrogens with two attached hydrogens (primary N) is 1. The first-order valence-electron chi connectivity index (χ1n) is 6.91. The van der Waals surface area contributed by atoms with Crippen molar-refractivity contribution < 1.29 is 9.15 Å². The van der Waals surface area contributed by atoms with Gasteiger partial charge in [0.15, 0.2) is 11.7 Å². The van der Waals surface area contributed by atoms with Crippen molar-refractivity contribution in [2.75, 3.05) is 13.7 Å². The normalized spacial score (nSPS) is 11.1. The van der Waals surface area contributed by atoms with Crippen molar-refractivity contribution in [1.29, 1.82) is 0 Å². The van der Waals surface area contributed by atoms with E-state index in [1.165, 1.54) is 5.56 Å². The van der Waals surface area contributed by atoms with Crippen molar-refractivity contribution in [2.45, 2.75) is 33.1 Å². The molecule has 108 valence electrons. The smallest absolute Gasteiger partial charge is 0.196 e. The number of rotatable bonds is 5. The standard InChI is InChI=1S/C16H22N2O2/c1-10(2)13-9-12(5-6-14(13)19-4)16-11(3)18-15(20-16)7-8-17/h5-6,9-10H,7-8,17H2,1-4H3. The molecule has 0 spiro atoms. The molecule has 2 rings (SSSR count). The van der Waals surface area contributed by atoms with Crippen molar-refractivity contribution in [1.82, 2.24) is 4.98 Å². The number of aromatic nitrogens is 1. The fourth-order valence-electron chi connectivity index (χ4n) is 2.28. The molecule has 0 bridgehead atoms. The molecule has 0 unspecified atom stereocenters. The van der Waals surface area contributed by atoms with Crippen LogP contribution in [0, 0.1) is 6.92 Å². The van der Waals surface area contributed by atoms with Gasteiger partial charge in [0.05, 0.1) is 12.8 Å². The Balaban J connectivity index is 2.45. The van der Waals surface area contributed by atoms with Gasteiger partial charge < -0.3 is 14.9 Å². The highest BCUT2D eigenvalue weighted by Gasteiger charge is 2.15. The van der Waals surface area contributed by atoms with Gasteiger partial charge in [-0.05, 0) is 36.6 Å². The van der Waals surface area contributed by atoms with Gasteiger partial charge in [0.2, 0.25) is 0 Å². The van der Waals surface area contributed by atoms with E-state index in [1.54, 1.807) is 7.11 Å². The fraction of sp³-hybridized carbons (Fsp3) is 0.438. The molecule has 0 saturated heterocycles. The molecule has 0 saturated carbocycles. The number of hydrogen-bond donors (Lipinski definition) is 1. The average molecular weight is 274 g/mol. The molecule has 0 aliphatic carbocycles. The largest absolute Gasteiger partial charge is 0.496 e. The molecule has 0 atom stereocenters. The summed E-state index contributed by atoms with van der Waals surface area (Å²) in [4.78, 5) is 4.42. The van der Waals surface area contributed by atoms with E-state index >= 15 is 0 Å². The quantitative estimate of drug-likeness (QED) is 0.909. The third-order valence-electron chi connectivity index (χ3n) is 3.31. The fourth-order valence-corrected chi connectivity index (χ4v) is 2.28. The van der Waals surface area contributed by atoms with E-state index in [-0.39, 0.29) is 0 Å². The van der Waals surface area contributed by atoms with E-state index in [0.717, 1.165) is 22.8 Å². The second kappa shape index (κ2) is 6.09. The van der Waals surface area contributed by atoms with Gasteiger partial charge in [0, 0.05) is 18.5 Å². The molecule has 4 heteroatoms. The Morgan fingerprint density at radius 2 is 2.10 bits per heavy atom. The molecule has 0 aliphatic heterocycles. The van der Waals surface area contributed by atoms with E-state index in [1.807, 2.05) is 19.1 Å². The Hall–Kier alpha value is -1.81. The Kier molecular flexibility index (Phi) is 4.45. The van der Waals surface area contributed by atoms with Crippen LogP contribution in [0.5, 0.6) is 5.75 Å². The summed E-state index contributed by atoms with van der Waals surface area (Å²) in [6, 6.07) is 6.10. The van der Waals surface area contributed by atoms with Crippen LogP contribution < -0.4 is 10.5 Å². The first kappa shape index (κ1) is 14.6. The van der Waals surface area contributed by atoms with Crippen LogP contribution >= 0.6 is 0 Å². The molecule has 2 aromatic rings. The maximum absolute atomic E-state index is 5.82. The van der Waals surface area contributed by atoms with E-state index in [4.69, 9.17) is 14.9 Å². The summed E-state index contributed by atoms with van der Waals surface area (Å²) in [5.74, 6) is 2.81. The van der Waals surface area contributed by atoms with E-state index in [2.05, 4.69) is 24.9 Å². The number of benzene rings is 1. The zero-order chi connectivity index (χ0) is 14.7. The molecule has 20 heavy (non-hydrogen) atoms. The molecule has 0 fully saturated rings. The first-order valence-corrected chi connectivity index (χ1v) is 6.91. The summed E-state index contributed by atoms with van der Waals surface area (Å²) in [6.45, 7) is 6.79. The van der Waals surface area contributed by atoms with Crippen molar-refractivity contribution in [3.63, 3.8) is 0 Å². The minimum atomic E-state index is 0.386. The van der Waals surface area contributed by atoms with Crippen molar-refractivity contribution >= 4 is 0 Å². The summed E-state index contributed by atoms with van der Waals surface area (Å²) in [5, 5.41) is 0. The number of hydrogen-bond acceptors (Lipinski definition) is 4. The zero-order valence-electron chi connectivity index (χ0n) is 12.6. The minimum absolute atomic E-state index is 0.386. The van der Waals surface area contributed by atoms with Gasteiger partial charge in [-0.15, -0.1) is 0 Å². The molecule has 0 radical (unpaired) electrons. The van der Waals surface area contributed by atoms with Crippen LogP contribution in [0.2, 0.25) is 0 Å². The highest BCUT2D eigenvalue weighted by atomic mass is 16.5. The predicted octanol–water partition coefficient (Wildman–Crippen LogP) is 3.28. The molecule has 1 aromatic heterocycles. The highest BCUT2D eigenvalue weighted by Crippen LogP contribution is 2.33. The van der Waals surface area contributed by atoms with Gasteiger partial charge in [0.25, 0.3) is 0 Å². The third kappa shape index (κ3) is 2.85. The molecular weight excluding hydrogens is 252 g/mol. The van der Waals surface area contributed by atoms with Crippen molar-refractivity contribution in [3.05, 3.63) is 35.3 Å². The van der Waals surface area contributed by atoms with Crippen LogP contribution in [0.25, 0.3) is 11.3 Å². The number of nitrogens with zero attached hydrogens (tertiary/aromatic N) is 1. The Morgan fingerprint density at radius 1 is 1.35 bits per heavy atom. The van der Waals surface area contributed by atoms with Crippen LogP contribution in [0.4, 0.5) is 0 Å². The number of ether oxygens (including phenoxy) is 1. The molecule has 4 nitrogen and oxygen atoms in total. The second-order valence-electron chi connectivity index (χ2n) is 5.17. The Labute approximate surface area is 120 Å². The van der Waals surface area contributed by atoms with Gasteiger partial charge in [-0.1, -0.05) is 13.8 Å². The molecular formula is C16H22N2O2. The number of methoxy groups -OCH3 is 1. The van der Waals surface area contributed by atoms with Gasteiger partial charge >= 0.3 is 0 Å². The molecule has 0 aliphatic rings. The Bertz CT molecular complexity index is 588. The van der Waals surface area contributed by atoms with Crippen LogP contribution in [-0.4, -0.2) is 18.6 Å². The zero-order valence-corrected chi connectivity index (χ0v) is 12.6. The first-order chi connectivity index (χ1) is 9.56. The van der Waals surface area contributed by atoms with Gasteiger partial charge in [-0.25, -0.2) is 4.98 Å². The van der Waals surface area contributed by atoms with Crippen LogP contribution in [0.15, 0.2) is 22.6 Å². The second-order valence-corrected chi connectivity index (χ2v) is 5.17. The predicted molar refractivity (Wildman–Crippen MR) is 80.1 cm³/mol. The molecule has 1 aromatic carbocycles. The summed E-state index contributed by atoms with van der Waals surface area (Å²) < 4.78 is 11.2. The van der Waals surface area contributed by atoms with E-state index in [9.17, 15) is 0 Å². The lowest BCUT2D eigenvalue weighted by atomic mass is 9.98. The van der Waals surface area contributed by atoms with E-state index in [0.29, 0.717) is 24.8 Å². The lowest BCUT2D eigenvalue weighted by Crippen LogP contribution is -2.02. The molecule has 0 amide bonds. The Morgan fingerprint density at radius 3 is 2.70 bits per heavy atom. The SMILES string of the molecule is COc1ccc(-c2oc(CCN)nc2C)cc1C(C)C. The summed E-state index contributed by atoms with van der Waals surface area (Å²) in [5.41, 5.74) is 8.64. The van der Waals surface area contributed by atoms with Crippen LogP contribution in [-0.2, 0) is 6.42 Å².